The number of anilines is 3. The fraction of sp³-hybridized carbons (Fsp3) is 0.429. The summed E-state index contributed by atoms with van der Waals surface area (Å²) in [4.78, 5) is 28.8. The molecule has 0 amide bonds. The van der Waals surface area contributed by atoms with Crippen molar-refractivity contribution >= 4 is 28.6 Å². The molecule has 2 atom stereocenters. The summed E-state index contributed by atoms with van der Waals surface area (Å²) in [5.41, 5.74) is 3.88. The smallest absolute Gasteiger partial charge is 0.170 e. The maximum absolute atomic E-state index is 13.4. The Kier molecular flexibility index (Phi) is 12.6. The first-order chi connectivity index (χ1) is 23.1. The van der Waals surface area contributed by atoms with Crippen LogP contribution in [0.15, 0.2) is 96.6 Å². The van der Waals surface area contributed by atoms with Crippen LogP contribution in [0.4, 0.5) is 17.1 Å². The van der Waals surface area contributed by atoms with Crippen molar-refractivity contribution in [3.63, 3.8) is 0 Å². The standard InChI is InChI=1S/C42H47N3O2/c43-30-33(31-44)28-32-12-7-8-14-34(15-9-13-32)35-16-10-18-36(19-11-17-35)41(46)29-42(47)37-24-26-40(27-25-37)45(38-20-3-1-4-21-38)39-22-5-2-6-23-39/h1-6,20-28,32,34-36H,7-19,29H2. The maximum atomic E-state index is 13.4. The molecule has 2 unspecified atom stereocenters. The maximum Gasteiger partial charge on any atom is 0.170 e. The normalized spacial score (nSPS) is 22.0. The van der Waals surface area contributed by atoms with Gasteiger partial charge in [-0.2, -0.15) is 10.5 Å². The van der Waals surface area contributed by atoms with Crippen molar-refractivity contribution in [3.05, 3.63) is 102 Å². The van der Waals surface area contributed by atoms with Crippen LogP contribution < -0.4 is 4.90 Å². The number of hydrogen-bond acceptors (Lipinski definition) is 5. The Hall–Kier alpha value is -4.48. The van der Waals surface area contributed by atoms with E-state index < -0.39 is 0 Å². The Bertz CT molecular complexity index is 1500. The van der Waals surface area contributed by atoms with Gasteiger partial charge in [0, 0.05) is 28.5 Å². The number of allylic oxidation sites excluding steroid dienone is 2. The van der Waals surface area contributed by atoms with Crippen LogP contribution in [0.3, 0.4) is 0 Å². The van der Waals surface area contributed by atoms with E-state index in [0.717, 1.165) is 74.3 Å². The van der Waals surface area contributed by atoms with Crippen LogP contribution in [0.25, 0.3) is 0 Å². The van der Waals surface area contributed by atoms with Crippen LogP contribution in [-0.2, 0) is 4.79 Å². The zero-order valence-electron chi connectivity index (χ0n) is 27.5. The van der Waals surface area contributed by atoms with E-state index in [9.17, 15) is 9.59 Å². The van der Waals surface area contributed by atoms with Crippen LogP contribution in [-0.4, -0.2) is 11.6 Å². The average Bonchev–Trinajstić information content (AvgIpc) is 3.21. The number of para-hydroxylation sites is 2. The highest BCUT2D eigenvalue weighted by Crippen LogP contribution is 2.38. The first kappa shape index (κ1) is 33.9. The van der Waals surface area contributed by atoms with Crippen molar-refractivity contribution in [2.75, 3.05) is 4.90 Å². The first-order valence-electron chi connectivity index (χ1n) is 17.6. The third-order valence-corrected chi connectivity index (χ3v) is 10.4. The monoisotopic (exact) mass is 625 g/mol. The van der Waals surface area contributed by atoms with Crippen LogP contribution in [0.5, 0.6) is 0 Å². The van der Waals surface area contributed by atoms with Gasteiger partial charge in [-0.3, -0.25) is 9.59 Å². The number of nitriles is 2. The molecule has 2 fully saturated rings. The van der Waals surface area contributed by atoms with Gasteiger partial charge in [0.25, 0.3) is 0 Å². The predicted molar refractivity (Wildman–Crippen MR) is 188 cm³/mol. The Morgan fingerprint density at radius 3 is 1.64 bits per heavy atom. The van der Waals surface area contributed by atoms with Gasteiger partial charge in [0.2, 0.25) is 0 Å². The summed E-state index contributed by atoms with van der Waals surface area (Å²) in [6.07, 6.45) is 16.2. The first-order valence-corrected chi connectivity index (χ1v) is 17.6. The quantitative estimate of drug-likeness (QED) is 0.134. The van der Waals surface area contributed by atoms with Crippen molar-refractivity contribution in [2.45, 2.75) is 89.9 Å². The largest absolute Gasteiger partial charge is 0.311 e. The molecule has 0 N–H and O–H groups in total. The lowest BCUT2D eigenvalue weighted by Gasteiger charge is -2.30. The molecule has 3 aromatic rings. The molecule has 0 aromatic heterocycles. The second kappa shape index (κ2) is 17.4. The lowest BCUT2D eigenvalue weighted by Crippen LogP contribution is -2.23. The van der Waals surface area contributed by atoms with Gasteiger partial charge in [-0.15, -0.1) is 0 Å². The van der Waals surface area contributed by atoms with Gasteiger partial charge in [0.15, 0.2) is 5.78 Å². The molecular formula is C42H47N3O2. The molecule has 0 saturated heterocycles. The summed E-state index contributed by atoms with van der Waals surface area (Å²) in [6.45, 7) is 0. The van der Waals surface area contributed by atoms with Crippen LogP contribution in [0, 0.1) is 46.3 Å². The number of rotatable bonds is 9. The Morgan fingerprint density at radius 2 is 1.09 bits per heavy atom. The number of carbonyl (C=O) groups excluding carboxylic acids is 2. The molecule has 0 radical (unpaired) electrons. The molecule has 2 aliphatic rings. The summed E-state index contributed by atoms with van der Waals surface area (Å²) >= 11 is 0. The highest BCUT2D eigenvalue weighted by atomic mass is 16.1. The topological polar surface area (TPSA) is 85.0 Å². The number of nitrogens with zero attached hydrogens (tertiary/aromatic N) is 3. The molecular weight excluding hydrogens is 578 g/mol. The average molecular weight is 626 g/mol. The van der Waals surface area contributed by atoms with Gasteiger partial charge >= 0.3 is 0 Å². The Labute approximate surface area is 280 Å². The van der Waals surface area contributed by atoms with Gasteiger partial charge in [0.1, 0.15) is 23.5 Å². The van der Waals surface area contributed by atoms with E-state index in [-0.39, 0.29) is 29.5 Å². The van der Waals surface area contributed by atoms with Crippen molar-refractivity contribution in [1.29, 1.82) is 10.5 Å². The number of hydrogen-bond donors (Lipinski definition) is 0. The fourth-order valence-electron chi connectivity index (χ4n) is 7.85. The van der Waals surface area contributed by atoms with Crippen LogP contribution in [0.2, 0.25) is 0 Å². The molecule has 0 heterocycles. The van der Waals surface area contributed by atoms with E-state index in [4.69, 9.17) is 10.5 Å². The molecule has 5 heteroatoms. The summed E-state index contributed by atoms with van der Waals surface area (Å²) in [5.74, 6) is 1.75. The molecule has 0 bridgehead atoms. The molecule has 0 aliphatic heterocycles. The van der Waals surface area contributed by atoms with Crippen molar-refractivity contribution < 1.29 is 9.59 Å². The minimum absolute atomic E-state index is 0.0200. The number of ketones is 2. The Balaban J connectivity index is 1.13. The van der Waals surface area contributed by atoms with Crippen LogP contribution in [0.1, 0.15) is 100 Å². The third-order valence-electron chi connectivity index (χ3n) is 10.4. The summed E-state index contributed by atoms with van der Waals surface area (Å²) in [6, 6.07) is 32.1. The molecule has 5 nitrogen and oxygen atoms in total. The molecule has 2 aliphatic carbocycles. The van der Waals surface area contributed by atoms with Crippen molar-refractivity contribution in [2.24, 2.45) is 23.7 Å². The van der Waals surface area contributed by atoms with Gasteiger partial charge in [0.05, 0.1) is 6.42 Å². The van der Waals surface area contributed by atoms with Crippen molar-refractivity contribution in [3.8, 4) is 12.1 Å². The second-order valence-electron chi connectivity index (χ2n) is 13.5. The zero-order valence-corrected chi connectivity index (χ0v) is 27.5. The molecule has 2 saturated carbocycles. The fourth-order valence-corrected chi connectivity index (χ4v) is 7.85. The van der Waals surface area contributed by atoms with E-state index in [1.807, 2.05) is 78.9 Å². The predicted octanol–water partition coefficient (Wildman–Crippen LogP) is 10.8. The highest BCUT2D eigenvalue weighted by Gasteiger charge is 2.28. The van der Waals surface area contributed by atoms with Crippen molar-refractivity contribution in [1.82, 2.24) is 0 Å². The van der Waals surface area contributed by atoms with E-state index >= 15 is 0 Å². The molecule has 3 aromatic carbocycles. The van der Waals surface area contributed by atoms with Gasteiger partial charge in [-0.25, -0.2) is 0 Å². The van der Waals surface area contributed by atoms with E-state index in [1.165, 1.54) is 32.1 Å². The van der Waals surface area contributed by atoms with Gasteiger partial charge < -0.3 is 4.90 Å². The summed E-state index contributed by atoms with van der Waals surface area (Å²) in [7, 11) is 0. The number of benzene rings is 3. The Morgan fingerprint density at radius 1 is 0.617 bits per heavy atom. The summed E-state index contributed by atoms with van der Waals surface area (Å²) in [5, 5.41) is 18.3. The molecule has 0 spiro atoms. The summed E-state index contributed by atoms with van der Waals surface area (Å²) < 4.78 is 0. The number of carbonyl (C=O) groups is 2. The van der Waals surface area contributed by atoms with E-state index in [2.05, 4.69) is 29.2 Å². The minimum Gasteiger partial charge on any atom is -0.311 e. The molecule has 242 valence electrons. The van der Waals surface area contributed by atoms with E-state index in [1.54, 1.807) is 0 Å². The zero-order chi connectivity index (χ0) is 32.8. The highest BCUT2D eigenvalue weighted by molar-refractivity contribution is 6.08. The van der Waals surface area contributed by atoms with E-state index in [0.29, 0.717) is 17.4 Å². The molecule has 47 heavy (non-hydrogen) atoms. The van der Waals surface area contributed by atoms with Gasteiger partial charge in [-0.05, 0) is 92.0 Å². The molecule has 5 rings (SSSR count). The lowest BCUT2D eigenvalue weighted by atomic mass is 9.75. The lowest BCUT2D eigenvalue weighted by molar-refractivity contribution is -0.122. The van der Waals surface area contributed by atoms with Gasteiger partial charge in [-0.1, -0.05) is 100 Å². The van der Waals surface area contributed by atoms with Crippen LogP contribution >= 0.6 is 0 Å². The number of Topliss-reactive ketones (excluding diaryl/α,β-unsaturated/α-hetero) is 2. The second-order valence-corrected chi connectivity index (χ2v) is 13.5. The SMILES string of the molecule is N#CC(C#N)=CC1CCCCC(C2CCCC(C(=O)CC(=O)c3ccc(N(c4ccccc4)c4ccccc4)cc3)CCC2)CCC1. The minimum atomic E-state index is -0.0946. The third kappa shape index (κ3) is 9.52.